The zero-order valence-electron chi connectivity index (χ0n) is 41.6. The number of rotatable bonds is 7. The van der Waals surface area contributed by atoms with Gasteiger partial charge in [-0.05, 0) is 104 Å². The minimum Gasteiger partial charge on any atom is -0.310 e. The van der Waals surface area contributed by atoms with Crippen LogP contribution in [-0.2, 0) is 10.8 Å². The number of fused-ring (bicyclic) bond motifs is 6. The lowest BCUT2D eigenvalue weighted by atomic mass is 9.67. The van der Waals surface area contributed by atoms with Crippen LogP contribution in [0, 0.1) is 0 Å². The van der Waals surface area contributed by atoms with Crippen molar-refractivity contribution in [3.8, 4) is 33.4 Å². The summed E-state index contributed by atoms with van der Waals surface area (Å²) < 4.78 is 91.5. The van der Waals surface area contributed by atoms with Gasteiger partial charge in [0.2, 0.25) is 0 Å². The molecule has 0 aliphatic heterocycles. The van der Waals surface area contributed by atoms with Crippen molar-refractivity contribution in [2.45, 2.75) is 17.8 Å². The van der Waals surface area contributed by atoms with Gasteiger partial charge in [-0.2, -0.15) is 0 Å². The van der Waals surface area contributed by atoms with E-state index in [0.717, 1.165) is 44.8 Å². The van der Waals surface area contributed by atoms with Crippen molar-refractivity contribution in [1.29, 1.82) is 0 Å². The van der Waals surface area contributed by atoms with Gasteiger partial charge in [-0.3, -0.25) is 0 Å². The van der Waals surface area contributed by atoms with Crippen LogP contribution >= 0.6 is 0 Å². The molecule has 0 bridgehead atoms. The van der Waals surface area contributed by atoms with Gasteiger partial charge in [-0.15, -0.1) is 0 Å². The largest absolute Gasteiger partial charge is 0.310 e. The first kappa shape index (κ1) is 25.1. The van der Waals surface area contributed by atoms with E-state index in [1.807, 2.05) is 66.7 Å². The van der Waals surface area contributed by atoms with Crippen LogP contribution in [0.5, 0.6) is 0 Å². The highest BCUT2D eigenvalue weighted by Crippen LogP contribution is 2.58. The molecule has 0 heterocycles. The van der Waals surface area contributed by atoms with Gasteiger partial charge < -0.3 is 4.90 Å². The molecule has 0 fully saturated rings. The van der Waals surface area contributed by atoms with Gasteiger partial charge in [0.15, 0.2) is 0 Å². The lowest BCUT2D eigenvalue weighted by molar-refractivity contribution is 0.714. The molecule has 11 rings (SSSR count). The van der Waals surface area contributed by atoms with Crippen LogP contribution in [0.1, 0.15) is 59.6 Å². The van der Waals surface area contributed by atoms with E-state index in [1.54, 1.807) is 12.1 Å². The average molecular weight is 750 g/mol. The molecule has 0 spiro atoms. The average Bonchev–Trinajstić information content (AvgIpc) is 3.81. The number of hydrogen-bond acceptors (Lipinski definition) is 1. The maximum atomic E-state index is 9.58. The molecule has 9 aromatic carbocycles. The molecule has 0 radical (unpaired) electrons. The quantitative estimate of drug-likeness (QED) is 0.157. The highest BCUT2D eigenvalue weighted by atomic mass is 15.1. The molecule has 0 aromatic heterocycles. The molecule has 0 amide bonds. The third-order valence-corrected chi connectivity index (χ3v) is 12.2. The summed E-state index contributed by atoms with van der Waals surface area (Å²) in [6, 6.07) is 51.0. The van der Waals surface area contributed by atoms with Gasteiger partial charge in [-0.25, -0.2) is 0 Å². The van der Waals surface area contributed by atoms with E-state index in [-0.39, 0.29) is 11.1 Å². The molecule has 1 atom stereocenters. The van der Waals surface area contributed by atoms with Gasteiger partial charge in [-0.1, -0.05) is 200 Å². The zero-order valence-corrected chi connectivity index (χ0v) is 31.6. The minimum atomic E-state index is -2.00. The molecule has 1 unspecified atom stereocenters. The van der Waals surface area contributed by atoms with E-state index in [4.69, 9.17) is 8.22 Å². The molecule has 58 heavy (non-hydrogen) atoms. The third kappa shape index (κ3) is 4.96. The van der Waals surface area contributed by atoms with Crippen LogP contribution in [0.3, 0.4) is 0 Å². The smallest absolute Gasteiger partial charge is 0.0714 e. The Morgan fingerprint density at radius 1 is 0.379 bits per heavy atom. The van der Waals surface area contributed by atoms with E-state index < -0.39 is 71.3 Å². The predicted molar refractivity (Wildman–Crippen MR) is 241 cm³/mol. The summed E-state index contributed by atoms with van der Waals surface area (Å²) in [7, 11) is 0. The first-order valence-corrected chi connectivity index (χ1v) is 19.5. The molecule has 274 valence electrons. The van der Waals surface area contributed by atoms with Crippen LogP contribution in [0.4, 0.5) is 17.1 Å². The highest BCUT2D eigenvalue weighted by molar-refractivity contribution is 5.94. The topological polar surface area (TPSA) is 3.24 Å². The molecule has 0 saturated heterocycles. The van der Waals surface area contributed by atoms with Gasteiger partial charge in [0.1, 0.15) is 0 Å². The minimum absolute atomic E-state index is 0.212. The van der Waals surface area contributed by atoms with Crippen LogP contribution in [0.15, 0.2) is 230 Å². The number of benzene rings is 9. The SMILES string of the molecule is [2H]c1c([2H])c([2H])c(C2(c3c([2H])c([2H])c([2H])c([2H])c3[2H])c3ccccc3-c3ccc(N(c4ccc5c(c4)C(C)(c4ccccc4)c4ccccc4-5)c4ccccc4-c4ccccc4)cc32)c([2H])c1[2H]. The van der Waals surface area contributed by atoms with Crippen LogP contribution < -0.4 is 4.90 Å². The van der Waals surface area contributed by atoms with Crippen LogP contribution in [0.25, 0.3) is 33.4 Å². The van der Waals surface area contributed by atoms with Crippen molar-refractivity contribution < 1.29 is 13.7 Å². The van der Waals surface area contributed by atoms with Gasteiger partial charge >= 0.3 is 0 Å². The molecule has 2 aliphatic carbocycles. The van der Waals surface area contributed by atoms with Crippen molar-refractivity contribution >= 4 is 17.1 Å². The van der Waals surface area contributed by atoms with Crippen molar-refractivity contribution in [2.24, 2.45) is 0 Å². The maximum absolute atomic E-state index is 9.58. The fourth-order valence-corrected chi connectivity index (χ4v) is 9.60. The van der Waals surface area contributed by atoms with Crippen molar-refractivity contribution in [1.82, 2.24) is 0 Å². The van der Waals surface area contributed by atoms with Crippen molar-refractivity contribution in [2.75, 3.05) is 4.90 Å². The standard InChI is InChI=1S/C57H41N/c1-56(41-22-8-3-9-23-41)51-31-17-14-29-47(51)49-36-34-44(38-53(49)56)58(55-33-19-16-28-46(55)40-20-6-2-7-21-40)45-35-37-50-48-30-15-18-32-52(48)57(54(50)39-45,42-24-10-4-11-25-42)43-26-12-5-13-27-43/h2-39H,1H3/i4D,5D,10D,11D,12D,13D,24D,25D,26D,27D. The van der Waals surface area contributed by atoms with E-state index in [2.05, 4.69) is 103 Å². The summed E-state index contributed by atoms with van der Waals surface area (Å²) >= 11 is 0. The summed E-state index contributed by atoms with van der Waals surface area (Å²) in [5.74, 6) is 0. The van der Waals surface area contributed by atoms with Crippen molar-refractivity contribution in [3.63, 3.8) is 0 Å². The fourth-order valence-electron chi connectivity index (χ4n) is 9.60. The summed E-state index contributed by atoms with van der Waals surface area (Å²) in [5, 5.41) is 0. The Bertz CT molecular complexity index is 3430. The first-order chi connectivity index (χ1) is 32.8. The molecule has 0 saturated carbocycles. The van der Waals surface area contributed by atoms with E-state index >= 15 is 0 Å². The highest BCUT2D eigenvalue weighted by Gasteiger charge is 2.46. The van der Waals surface area contributed by atoms with Crippen LogP contribution in [-0.4, -0.2) is 0 Å². The Kier molecular flexibility index (Phi) is 5.83. The van der Waals surface area contributed by atoms with Gasteiger partial charge in [0.05, 0.1) is 24.8 Å². The lowest BCUT2D eigenvalue weighted by Crippen LogP contribution is -2.28. The summed E-state index contributed by atoms with van der Waals surface area (Å²) in [4.78, 5) is 2.16. The first-order valence-electron chi connectivity index (χ1n) is 24.5. The van der Waals surface area contributed by atoms with Gasteiger partial charge in [0, 0.05) is 22.4 Å². The molecule has 1 heteroatoms. The molecule has 1 nitrogen and oxygen atoms in total. The molecular weight excluding hydrogens is 699 g/mol. The third-order valence-electron chi connectivity index (χ3n) is 12.2. The zero-order chi connectivity index (χ0) is 47.4. The van der Waals surface area contributed by atoms with Crippen molar-refractivity contribution in [3.05, 3.63) is 269 Å². The van der Waals surface area contributed by atoms with Gasteiger partial charge in [0.25, 0.3) is 0 Å². The molecule has 0 N–H and O–H groups in total. The fraction of sp³-hybridized carbons (Fsp3) is 0.0526. The van der Waals surface area contributed by atoms with Crippen LogP contribution in [0.2, 0.25) is 0 Å². The molecule has 2 aliphatic rings. The number of hydrogen-bond donors (Lipinski definition) is 0. The summed E-state index contributed by atoms with van der Waals surface area (Å²) in [5.41, 5.74) is 8.96. The van der Waals surface area contributed by atoms with E-state index in [0.29, 0.717) is 27.9 Å². The monoisotopic (exact) mass is 749 g/mol. The number of anilines is 3. The number of nitrogens with zero attached hydrogens (tertiary/aromatic N) is 1. The number of para-hydroxylation sites is 1. The second kappa shape index (κ2) is 13.5. The van der Waals surface area contributed by atoms with E-state index in [1.165, 1.54) is 5.56 Å². The predicted octanol–water partition coefficient (Wildman–Crippen LogP) is 14.5. The van der Waals surface area contributed by atoms with E-state index in [9.17, 15) is 5.48 Å². The Morgan fingerprint density at radius 3 is 1.48 bits per heavy atom. The Balaban J connectivity index is 1.27. The Labute approximate surface area is 355 Å². The summed E-state index contributed by atoms with van der Waals surface area (Å²) in [6.45, 7) is 2.26. The maximum Gasteiger partial charge on any atom is 0.0714 e. The Morgan fingerprint density at radius 2 is 0.845 bits per heavy atom. The normalized spacial score (nSPS) is 17.9. The molecule has 9 aromatic rings. The lowest BCUT2D eigenvalue weighted by Gasteiger charge is -2.35. The second-order valence-electron chi connectivity index (χ2n) is 15.0. The Hall–Kier alpha value is -7.22. The molecular formula is C57H41N. The summed E-state index contributed by atoms with van der Waals surface area (Å²) in [6.07, 6.45) is 0. The second-order valence-corrected chi connectivity index (χ2v) is 15.0.